The number of aromatic nitrogens is 2. The van der Waals surface area contributed by atoms with Crippen LogP contribution in [0.15, 0.2) is 18.3 Å². The van der Waals surface area contributed by atoms with E-state index in [1.54, 1.807) is 0 Å². The molecule has 0 aromatic carbocycles. The number of halogens is 3. The van der Waals surface area contributed by atoms with Gasteiger partial charge >= 0.3 is 0 Å². The first-order chi connectivity index (χ1) is 9.47. The fraction of sp³-hybridized carbons (Fsp3) is 0.182. The van der Waals surface area contributed by atoms with E-state index in [-0.39, 0.29) is 4.88 Å². The Morgan fingerprint density at radius 2 is 2.15 bits per heavy atom. The van der Waals surface area contributed by atoms with Crippen molar-refractivity contribution in [1.82, 2.24) is 15.4 Å². The van der Waals surface area contributed by atoms with Crippen molar-refractivity contribution in [2.45, 2.75) is 13.3 Å². The lowest BCUT2D eigenvalue weighted by Gasteiger charge is -2.07. The van der Waals surface area contributed by atoms with Crippen LogP contribution in [0.25, 0.3) is 0 Å². The molecule has 0 aliphatic heterocycles. The zero-order valence-corrected chi connectivity index (χ0v) is 11.0. The number of pyridine rings is 1. The molecule has 2 N–H and O–H groups in total. The fourth-order valence-corrected chi connectivity index (χ4v) is 2.21. The third kappa shape index (κ3) is 3.23. The molecule has 0 saturated carbocycles. The fourth-order valence-electron chi connectivity index (χ4n) is 1.39. The number of anilines is 1. The first kappa shape index (κ1) is 14.3. The van der Waals surface area contributed by atoms with E-state index >= 15 is 0 Å². The van der Waals surface area contributed by atoms with Crippen molar-refractivity contribution in [2.75, 3.05) is 5.43 Å². The molecular formula is C11H9F3N4OS. The van der Waals surface area contributed by atoms with Crippen LogP contribution in [0, 0.1) is 12.9 Å². The van der Waals surface area contributed by atoms with Gasteiger partial charge in [0.1, 0.15) is 10.6 Å². The van der Waals surface area contributed by atoms with E-state index < -0.39 is 24.0 Å². The largest absolute Gasteiger partial charge is 0.297 e. The maximum absolute atomic E-state index is 12.7. The SMILES string of the molecule is Cc1nc(C(F)F)c(C(=O)NNc2ccc(F)nc2)s1. The lowest BCUT2D eigenvalue weighted by molar-refractivity contribution is 0.0952. The molecule has 2 aromatic rings. The molecule has 2 heterocycles. The van der Waals surface area contributed by atoms with Crippen LogP contribution in [-0.2, 0) is 0 Å². The summed E-state index contributed by atoms with van der Waals surface area (Å²) >= 11 is 0.870. The quantitative estimate of drug-likeness (QED) is 0.673. The predicted octanol–water partition coefficient (Wildman–Crippen LogP) is 2.68. The molecule has 0 atom stereocenters. The van der Waals surface area contributed by atoms with Gasteiger partial charge in [0, 0.05) is 0 Å². The summed E-state index contributed by atoms with van der Waals surface area (Å²) in [6.07, 6.45) is -1.67. The first-order valence-corrected chi connectivity index (χ1v) is 6.22. The highest BCUT2D eigenvalue weighted by atomic mass is 32.1. The molecular weight excluding hydrogens is 293 g/mol. The number of thiazole rings is 1. The molecule has 0 unspecified atom stereocenters. The van der Waals surface area contributed by atoms with E-state index in [0.29, 0.717) is 10.7 Å². The zero-order valence-electron chi connectivity index (χ0n) is 10.2. The van der Waals surface area contributed by atoms with Crippen LogP contribution in [0.2, 0.25) is 0 Å². The number of hydrogen-bond donors (Lipinski definition) is 2. The van der Waals surface area contributed by atoms with Gasteiger partial charge in [0.25, 0.3) is 12.3 Å². The molecule has 106 valence electrons. The summed E-state index contributed by atoms with van der Waals surface area (Å²) < 4.78 is 38.0. The summed E-state index contributed by atoms with van der Waals surface area (Å²) in [6.45, 7) is 1.53. The minimum Gasteiger partial charge on any atom is -0.297 e. The molecule has 20 heavy (non-hydrogen) atoms. The van der Waals surface area contributed by atoms with Crippen molar-refractivity contribution in [3.05, 3.63) is 39.9 Å². The van der Waals surface area contributed by atoms with Crippen LogP contribution in [0.5, 0.6) is 0 Å². The Labute approximate surface area is 115 Å². The van der Waals surface area contributed by atoms with Crippen LogP contribution in [-0.4, -0.2) is 15.9 Å². The summed E-state index contributed by atoms with van der Waals surface area (Å²) in [5, 5.41) is 0.369. The van der Waals surface area contributed by atoms with Gasteiger partial charge in [-0.1, -0.05) is 0 Å². The number of carbonyl (C=O) groups excluding carboxylic acids is 1. The molecule has 0 aliphatic rings. The average molecular weight is 302 g/mol. The third-order valence-electron chi connectivity index (χ3n) is 2.22. The Bertz CT molecular complexity index is 615. The summed E-state index contributed by atoms with van der Waals surface area (Å²) in [5.74, 6) is -1.41. The van der Waals surface area contributed by atoms with Gasteiger partial charge in [0.05, 0.1) is 16.9 Å². The highest BCUT2D eigenvalue weighted by Crippen LogP contribution is 2.26. The van der Waals surface area contributed by atoms with Gasteiger partial charge in [-0.05, 0) is 19.1 Å². The van der Waals surface area contributed by atoms with Gasteiger partial charge in [-0.25, -0.2) is 18.7 Å². The molecule has 0 bridgehead atoms. The van der Waals surface area contributed by atoms with Crippen LogP contribution < -0.4 is 10.9 Å². The van der Waals surface area contributed by atoms with Crippen molar-refractivity contribution >= 4 is 22.9 Å². The van der Waals surface area contributed by atoms with Crippen molar-refractivity contribution in [2.24, 2.45) is 0 Å². The van der Waals surface area contributed by atoms with E-state index in [9.17, 15) is 18.0 Å². The molecule has 2 rings (SSSR count). The lowest BCUT2D eigenvalue weighted by Crippen LogP contribution is -2.29. The Hall–Kier alpha value is -2.16. The van der Waals surface area contributed by atoms with Gasteiger partial charge in [-0.15, -0.1) is 11.3 Å². The number of hydrazine groups is 1. The molecule has 0 radical (unpaired) electrons. The second-order valence-electron chi connectivity index (χ2n) is 3.70. The monoisotopic (exact) mass is 302 g/mol. The normalized spacial score (nSPS) is 10.7. The second-order valence-corrected chi connectivity index (χ2v) is 4.90. The van der Waals surface area contributed by atoms with Crippen LogP contribution in [0.1, 0.15) is 26.8 Å². The van der Waals surface area contributed by atoms with E-state index in [4.69, 9.17) is 0 Å². The Morgan fingerprint density at radius 3 is 2.75 bits per heavy atom. The van der Waals surface area contributed by atoms with Gasteiger partial charge < -0.3 is 0 Å². The number of nitrogens with zero attached hydrogens (tertiary/aromatic N) is 2. The number of rotatable bonds is 4. The number of nitrogens with one attached hydrogen (secondary N) is 2. The lowest BCUT2D eigenvalue weighted by atomic mass is 10.3. The standard InChI is InChI=1S/C11H9F3N4OS/c1-5-16-8(10(13)14)9(20-5)11(19)18-17-6-2-3-7(12)15-4-6/h2-4,10,17H,1H3,(H,18,19). The van der Waals surface area contributed by atoms with Gasteiger partial charge in [0.2, 0.25) is 5.95 Å². The molecule has 2 aromatic heterocycles. The van der Waals surface area contributed by atoms with Crippen molar-refractivity contribution in [3.8, 4) is 0 Å². The zero-order chi connectivity index (χ0) is 14.7. The van der Waals surface area contributed by atoms with Crippen molar-refractivity contribution in [3.63, 3.8) is 0 Å². The smallest absolute Gasteiger partial charge is 0.282 e. The molecule has 0 aliphatic carbocycles. The maximum atomic E-state index is 12.7. The number of alkyl halides is 2. The average Bonchev–Trinajstić information content (AvgIpc) is 2.80. The summed E-state index contributed by atoms with van der Waals surface area (Å²) in [5.41, 5.74) is 4.45. The molecule has 1 amide bonds. The van der Waals surface area contributed by atoms with E-state index in [1.165, 1.54) is 13.0 Å². The van der Waals surface area contributed by atoms with Crippen molar-refractivity contribution < 1.29 is 18.0 Å². The molecule has 9 heteroatoms. The topological polar surface area (TPSA) is 66.9 Å². The Morgan fingerprint density at radius 1 is 1.40 bits per heavy atom. The van der Waals surface area contributed by atoms with Gasteiger partial charge in [-0.2, -0.15) is 4.39 Å². The van der Waals surface area contributed by atoms with Crippen LogP contribution in [0.4, 0.5) is 18.9 Å². The molecule has 5 nitrogen and oxygen atoms in total. The van der Waals surface area contributed by atoms with E-state index in [0.717, 1.165) is 23.6 Å². The number of hydrogen-bond acceptors (Lipinski definition) is 5. The van der Waals surface area contributed by atoms with Crippen LogP contribution in [0.3, 0.4) is 0 Å². The minimum atomic E-state index is -2.83. The molecule has 0 fully saturated rings. The number of carbonyl (C=O) groups is 1. The third-order valence-corrected chi connectivity index (χ3v) is 3.21. The maximum Gasteiger partial charge on any atom is 0.282 e. The highest BCUT2D eigenvalue weighted by Gasteiger charge is 2.23. The van der Waals surface area contributed by atoms with E-state index in [2.05, 4.69) is 20.8 Å². The van der Waals surface area contributed by atoms with Gasteiger partial charge in [-0.3, -0.25) is 15.6 Å². The summed E-state index contributed by atoms with van der Waals surface area (Å²) in [6, 6.07) is 2.44. The molecule has 0 saturated heterocycles. The van der Waals surface area contributed by atoms with Crippen LogP contribution >= 0.6 is 11.3 Å². The number of aryl methyl sites for hydroxylation is 1. The Balaban J connectivity index is 2.07. The second kappa shape index (κ2) is 5.87. The summed E-state index contributed by atoms with van der Waals surface area (Å²) in [4.78, 5) is 18.6. The summed E-state index contributed by atoms with van der Waals surface area (Å²) in [7, 11) is 0. The predicted molar refractivity (Wildman–Crippen MR) is 67.1 cm³/mol. The Kier molecular flexibility index (Phi) is 4.18. The minimum absolute atomic E-state index is 0.167. The van der Waals surface area contributed by atoms with Crippen molar-refractivity contribution in [1.29, 1.82) is 0 Å². The van der Waals surface area contributed by atoms with E-state index in [1.807, 2.05) is 0 Å². The highest BCUT2D eigenvalue weighted by molar-refractivity contribution is 7.13. The number of amides is 1. The first-order valence-electron chi connectivity index (χ1n) is 5.40. The van der Waals surface area contributed by atoms with Gasteiger partial charge in [0.15, 0.2) is 0 Å². The molecule has 0 spiro atoms.